The fourth-order valence-electron chi connectivity index (χ4n) is 2.64. The molecule has 112 valence electrons. The van der Waals surface area contributed by atoms with E-state index in [9.17, 15) is 8.42 Å². The molecule has 0 aliphatic heterocycles. The van der Waals surface area contributed by atoms with Crippen molar-refractivity contribution in [3.63, 3.8) is 0 Å². The lowest BCUT2D eigenvalue weighted by Crippen LogP contribution is -2.44. The maximum atomic E-state index is 12.5. The van der Waals surface area contributed by atoms with Crippen LogP contribution in [0.3, 0.4) is 0 Å². The van der Waals surface area contributed by atoms with Crippen LogP contribution in [0.1, 0.15) is 25.7 Å². The molecule has 0 heterocycles. The van der Waals surface area contributed by atoms with Crippen molar-refractivity contribution < 1.29 is 8.42 Å². The fraction of sp³-hybridized carbons (Fsp3) is 0.538. The van der Waals surface area contributed by atoms with E-state index in [1.807, 2.05) is 0 Å². The highest BCUT2D eigenvalue weighted by Gasteiger charge is 2.29. The Bertz CT molecular complexity index is 574. The molecule has 1 unspecified atom stereocenters. The summed E-state index contributed by atoms with van der Waals surface area (Å²) in [5.74, 6) is 0.320. The normalized spacial score (nSPS) is 18.4. The predicted octanol–water partition coefficient (Wildman–Crippen LogP) is 2.90. The van der Waals surface area contributed by atoms with Gasteiger partial charge in [0.1, 0.15) is 4.90 Å². The van der Waals surface area contributed by atoms with Crippen LogP contribution in [0.2, 0.25) is 5.02 Å². The van der Waals surface area contributed by atoms with Crippen LogP contribution in [0.4, 0.5) is 0 Å². The number of nitrogens with one attached hydrogen (secondary N) is 1. The number of halogens is 2. The van der Waals surface area contributed by atoms with Crippen LogP contribution in [0.25, 0.3) is 0 Å². The van der Waals surface area contributed by atoms with Gasteiger partial charge in [0.05, 0.1) is 5.02 Å². The highest BCUT2D eigenvalue weighted by molar-refractivity contribution is 9.10. The largest absolute Gasteiger partial charge is 0.329 e. The van der Waals surface area contributed by atoms with Crippen molar-refractivity contribution in [3.05, 3.63) is 27.7 Å². The lowest BCUT2D eigenvalue weighted by molar-refractivity contribution is 0.405. The summed E-state index contributed by atoms with van der Waals surface area (Å²) >= 11 is 9.26. The quantitative estimate of drug-likeness (QED) is 0.823. The van der Waals surface area contributed by atoms with Crippen molar-refractivity contribution in [1.82, 2.24) is 4.72 Å². The summed E-state index contributed by atoms with van der Waals surface area (Å²) in [5, 5.41) is 0.211. The van der Waals surface area contributed by atoms with Gasteiger partial charge in [-0.05, 0) is 37.0 Å². The summed E-state index contributed by atoms with van der Waals surface area (Å²) in [6, 6.07) is 4.55. The van der Waals surface area contributed by atoms with Gasteiger partial charge >= 0.3 is 0 Å². The number of hydrogen-bond donors (Lipinski definition) is 2. The zero-order chi connectivity index (χ0) is 14.8. The van der Waals surface area contributed by atoms with E-state index in [0.717, 1.165) is 25.7 Å². The van der Waals surface area contributed by atoms with Crippen molar-refractivity contribution >= 4 is 37.6 Å². The predicted molar refractivity (Wildman–Crippen MR) is 84.3 cm³/mol. The van der Waals surface area contributed by atoms with Gasteiger partial charge in [0.15, 0.2) is 0 Å². The van der Waals surface area contributed by atoms with E-state index in [1.54, 1.807) is 12.1 Å². The minimum atomic E-state index is -3.65. The van der Waals surface area contributed by atoms with Crippen molar-refractivity contribution in [2.24, 2.45) is 11.7 Å². The molecule has 0 bridgehead atoms. The zero-order valence-corrected chi connectivity index (χ0v) is 14.1. The Morgan fingerprint density at radius 3 is 2.65 bits per heavy atom. The molecular weight excluding hydrogens is 364 g/mol. The lowest BCUT2D eigenvalue weighted by atomic mass is 9.99. The van der Waals surface area contributed by atoms with Crippen molar-refractivity contribution in [1.29, 1.82) is 0 Å². The van der Waals surface area contributed by atoms with Gasteiger partial charge in [0.25, 0.3) is 0 Å². The average Bonchev–Trinajstić information content (AvgIpc) is 2.92. The van der Waals surface area contributed by atoms with Crippen molar-refractivity contribution in [2.75, 3.05) is 6.54 Å². The first-order valence-electron chi connectivity index (χ1n) is 6.61. The summed E-state index contributed by atoms with van der Waals surface area (Å²) < 4.78 is 28.3. The second kappa shape index (κ2) is 6.75. The van der Waals surface area contributed by atoms with Gasteiger partial charge in [0, 0.05) is 17.1 Å². The van der Waals surface area contributed by atoms with Crippen LogP contribution in [0.15, 0.2) is 27.6 Å². The molecule has 3 N–H and O–H groups in total. The summed E-state index contributed by atoms with van der Waals surface area (Å²) in [6.45, 7) is 0.301. The molecule has 1 aromatic rings. The smallest absolute Gasteiger partial charge is 0.242 e. The highest BCUT2D eigenvalue weighted by atomic mass is 79.9. The SMILES string of the molecule is NCC(NS(=O)(=O)c1cc(Br)ccc1Cl)C1CCCC1. The Labute approximate surface area is 133 Å². The average molecular weight is 382 g/mol. The van der Waals surface area contributed by atoms with Crippen molar-refractivity contribution in [3.8, 4) is 0 Å². The molecule has 0 aromatic heterocycles. The summed E-state index contributed by atoms with van der Waals surface area (Å²) in [6.07, 6.45) is 4.33. The number of nitrogens with two attached hydrogens (primary N) is 1. The molecule has 0 radical (unpaired) electrons. The van der Waals surface area contributed by atoms with Gasteiger partial charge < -0.3 is 5.73 Å². The molecule has 1 aliphatic rings. The number of sulfonamides is 1. The molecule has 0 saturated heterocycles. The monoisotopic (exact) mass is 380 g/mol. The summed E-state index contributed by atoms with van der Waals surface area (Å²) in [5.41, 5.74) is 5.74. The van der Waals surface area contributed by atoms with Crippen LogP contribution >= 0.6 is 27.5 Å². The number of hydrogen-bond acceptors (Lipinski definition) is 3. The van der Waals surface area contributed by atoms with Crippen LogP contribution in [-0.4, -0.2) is 21.0 Å². The van der Waals surface area contributed by atoms with Gasteiger partial charge in [-0.25, -0.2) is 13.1 Å². The topological polar surface area (TPSA) is 72.2 Å². The molecule has 1 aliphatic carbocycles. The van der Waals surface area contributed by atoms with Gasteiger partial charge in [-0.1, -0.05) is 40.4 Å². The first kappa shape index (κ1) is 16.2. The Balaban J connectivity index is 2.23. The third-order valence-electron chi connectivity index (χ3n) is 3.71. The second-order valence-electron chi connectivity index (χ2n) is 5.08. The van der Waals surface area contributed by atoms with E-state index in [-0.39, 0.29) is 16.0 Å². The lowest BCUT2D eigenvalue weighted by Gasteiger charge is -2.23. The molecule has 1 saturated carbocycles. The first-order valence-corrected chi connectivity index (χ1v) is 9.27. The van der Waals surface area contributed by atoms with Crippen molar-refractivity contribution in [2.45, 2.75) is 36.6 Å². The Hall–Kier alpha value is -0.140. The van der Waals surface area contributed by atoms with Gasteiger partial charge in [-0.2, -0.15) is 0 Å². The highest BCUT2D eigenvalue weighted by Crippen LogP contribution is 2.30. The van der Waals surface area contributed by atoms with E-state index in [2.05, 4.69) is 20.7 Å². The third-order valence-corrected chi connectivity index (χ3v) is 6.18. The molecule has 20 heavy (non-hydrogen) atoms. The number of benzene rings is 1. The summed E-state index contributed by atoms with van der Waals surface area (Å²) in [4.78, 5) is 0.0880. The Kier molecular flexibility index (Phi) is 5.48. The molecular formula is C13H18BrClN2O2S. The van der Waals surface area contributed by atoms with Crippen LogP contribution in [-0.2, 0) is 10.0 Å². The summed E-state index contributed by atoms with van der Waals surface area (Å²) in [7, 11) is -3.65. The standard InChI is InChI=1S/C13H18BrClN2O2S/c14-10-5-6-11(15)13(7-10)20(18,19)17-12(8-16)9-3-1-2-4-9/h5-7,9,12,17H,1-4,8,16H2. The van der Waals surface area contributed by atoms with Crippen LogP contribution < -0.4 is 10.5 Å². The number of rotatable bonds is 5. The minimum Gasteiger partial charge on any atom is -0.329 e. The molecule has 1 fully saturated rings. The molecule has 1 atom stereocenters. The van der Waals surface area contributed by atoms with Gasteiger partial charge in [-0.15, -0.1) is 0 Å². The van der Waals surface area contributed by atoms with E-state index in [1.165, 1.54) is 6.07 Å². The third kappa shape index (κ3) is 3.74. The van der Waals surface area contributed by atoms with Crippen LogP contribution in [0.5, 0.6) is 0 Å². The van der Waals surface area contributed by atoms with E-state index in [4.69, 9.17) is 17.3 Å². The maximum absolute atomic E-state index is 12.5. The molecule has 1 aromatic carbocycles. The van der Waals surface area contributed by atoms with E-state index >= 15 is 0 Å². The molecule has 2 rings (SSSR count). The molecule has 4 nitrogen and oxygen atoms in total. The zero-order valence-electron chi connectivity index (χ0n) is 11.0. The minimum absolute atomic E-state index is 0.0880. The van der Waals surface area contributed by atoms with Gasteiger partial charge in [-0.3, -0.25) is 0 Å². The Morgan fingerprint density at radius 2 is 2.05 bits per heavy atom. The van der Waals surface area contributed by atoms with Gasteiger partial charge in [0.2, 0.25) is 10.0 Å². The fourth-order valence-corrected chi connectivity index (χ4v) is 5.00. The van der Waals surface area contributed by atoms with E-state index < -0.39 is 10.0 Å². The molecule has 7 heteroatoms. The van der Waals surface area contributed by atoms with Crippen LogP contribution in [0, 0.1) is 5.92 Å². The maximum Gasteiger partial charge on any atom is 0.242 e. The molecule has 0 spiro atoms. The van der Waals surface area contributed by atoms with E-state index in [0.29, 0.717) is 16.9 Å². The first-order chi connectivity index (χ1) is 9.44. The molecule has 0 amide bonds. The Morgan fingerprint density at radius 1 is 1.40 bits per heavy atom. The second-order valence-corrected chi connectivity index (χ2v) is 8.09.